The first-order chi connectivity index (χ1) is 18.3. The number of carboxylic acid groups (broad SMARTS) is 1. The maximum absolute atomic E-state index is 13.2. The third-order valence-electron chi connectivity index (χ3n) is 5.73. The molecule has 1 heterocycles. The Balaban J connectivity index is 1.62. The van der Waals surface area contributed by atoms with Gasteiger partial charge in [-0.15, -0.1) is 0 Å². The molecule has 0 saturated carbocycles. The quantitative estimate of drug-likeness (QED) is 0.147. The largest absolute Gasteiger partial charge is 0.482 e. The summed E-state index contributed by atoms with van der Waals surface area (Å²) in [4.78, 5) is 40.0. The molecule has 0 spiro atoms. The fraction of sp³-hybridized carbons (Fsp3) is 0.185. The normalized spacial score (nSPS) is 11.2. The number of fused-ring (bicyclic) bond motifs is 1. The van der Waals surface area contributed by atoms with Crippen molar-refractivity contribution in [2.24, 2.45) is 5.10 Å². The predicted molar refractivity (Wildman–Crippen MR) is 146 cm³/mol. The van der Waals surface area contributed by atoms with E-state index < -0.39 is 10.9 Å². The molecule has 194 valence electrons. The van der Waals surface area contributed by atoms with Crippen LogP contribution in [0.1, 0.15) is 47.1 Å². The third kappa shape index (κ3) is 6.12. The summed E-state index contributed by atoms with van der Waals surface area (Å²) < 4.78 is 7.62. The highest BCUT2D eigenvalue weighted by molar-refractivity contribution is 9.10. The maximum atomic E-state index is 13.2. The lowest BCUT2D eigenvalue weighted by Gasteiger charge is -2.10. The summed E-state index contributed by atoms with van der Waals surface area (Å²) >= 11 is 3.38. The Hall–Kier alpha value is -4.38. The molecule has 0 aliphatic heterocycles. The zero-order chi connectivity index (χ0) is 27.2. The topological polar surface area (TPSA) is 137 Å². The molecule has 0 atom stereocenters. The van der Waals surface area contributed by atoms with Gasteiger partial charge in [0.15, 0.2) is 5.75 Å². The number of carboxylic acids is 1. The number of benzene rings is 3. The lowest BCUT2D eigenvalue weighted by molar-refractivity contribution is -0.385. The molecule has 10 nitrogen and oxygen atoms in total. The van der Waals surface area contributed by atoms with E-state index in [1.54, 1.807) is 30.3 Å². The van der Waals surface area contributed by atoms with Crippen molar-refractivity contribution in [1.29, 1.82) is 0 Å². The number of hydrogen-bond acceptors (Lipinski definition) is 7. The molecular formula is C27H23BrN4O6. The summed E-state index contributed by atoms with van der Waals surface area (Å²) in [6.07, 6.45) is 3.66. The van der Waals surface area contributed by atoms with E-state index in [9.17, 15) is 19.7 Å². The van der Waals surface area contributed by atoms with Crippen LogP contribution in [0.2, 0.25) is 0 Å². The first kappa shape index (κ1) is 26.7. The zero-order valence-corrected chi connectivity index (χ0v) is 21.9. The molecule has 1 N–H and O–H groups in total. The maximum Gasteiger partial charge on any atom is 0.335 e. The molecule has 1 aromatic heterocycles. The van der Waals surface area contributed by atoms with Crippen molar-refractivity contribution in [3.63, 3.8) is 0 Å². The first-order valence-electron chi connectivity index (χ1n) is 11.8. The summed E-state index contributed by atoms with van der Waals surface area (Å²) in [5.74, 6) is -0.490. The van der Waals surface area contributed by atoms with Crippen molar-refractivity contribution >= 4 is 44.7 Å². The van der Waals surface area contributed by atoms with Crippen LogP contribution in [-0.2, 0) is 13.0 Å². The molecule has 0 bridgehead atoms. The van der Waals surface area contributed by atoms with Crippen LogP contribution in [-0.4, -0.2) is 31.9 Å². The number of halogens is 1. The van der Waals surface area contributed by atoms with Crippen molar-refractivity contribution in [2.45, 2.75) is 32.8 Å². The van der Waals surface area contributed by atoms with Crippen LogP contribution >= 0.6 is 15.9 Å². The average molecular weight is 579 g/mol. The number of ether oxygens (including phenoxy) is 1. The highest BCUT2D eigenvalue weighted by atomic mass is 79.9. The zero-order valence-electron chi connectivity index (χ0n) is 20.3. The average Bonchev–Trinajstić information content (AvgIpc) is 2.91. The Kier molecular flexibility index (Phi) is 8.27. The van der Waals surface area contributed by atoms with Crippen LogP contribution in [0.25, 0.3) is 10.9 Å². The number of carbonyl (C=O) groups is 1. The van der Waals surface area contributed by atoms with Crippen molar-refractivity contribution in [1.82, 2.24) is 9.66 Å². The van der Waals surface area contributed by atoms with Gasteiger partial charge in [-0.25, -0.2) is 9.78 Å². The molecule has 11 heteroatoms. The minimum absolute atomic E-state index is 0.0165. The van der Waals surface area contributed by atoms with Crippen LogP contribution < -0.4 is 10.3 Å². The van der Waals surface area contributed by atoms with E-state index in [1.807, 2.05) is 13.0 Å². The van der Waals surface area contributed by atoms with E-state index >= 15 is 0 Å². The van der Waals surface area contributed by atoms with Gasteiger partial charge in [-0.05, 0) is 54.4 Å². The fourth-order valence-corrected chi connectivity index (χ4v) is 4.08. The van der Waals surface area contributed by atoms with Crippen LogP contribution in [0.4, 0.5) is 5.69 Å². The SMILES string of the molecule is CCCCc1nc2ccc(Br)cc2c(=O)n1N=Cc1ccc(OCc2ccc(C(=O)O)cc2)c([N+](=O)[O-])c1. The molecule has 0 radical (unpaired) electrons. The Morgan fingerprint density at radius 2 is 1.95 bits per heavy atom. The second-order valence-corrected chi connectivity index (χ2v) is 9.35. The number of aromatic carboxylic acids is 1. The number of nitro benzene ring substituents is 1. The standard InChI is InChI=1S/C27H23BrN4O6/c1-2-3-4-25-30-22-11-10-20(28)14-21(22)26(33)31(25)29-15-18-7-12-24(23(13-18)32(36)37)38-16-17-5-8-19(9-6-17)27(34)35/h5-15H,2-4,16H2,1H3,(H,34,35). The molecule has 38 heavy (non-hydrogen) atoms. The monoisotopic (exact) mass is 578 g/mol. The molecule has 4 aromatic rings. The second-order valence-electron chi connectivity index (χ2n) is 8.43. The van der Waals surface area contributed by atoms with E-state index in [4.69, 9.17) is 9.84 Å². The van der Waals surface area contributed by atoms with Crippen LogP contribution in [0.15, 0.2) is 75.0 Å². The van der Waals surface area contributed by atoms with Crippen molar-refractivity contribution < 1.29 is 19.6 Å². The smallest absolute Gasteiger partial charge is 0.335 e. The number of hydrogen-bond donors (Lipinski definition) is 1. The lowest BCUT2D eigenvalue weighted by atomic mass is 10.1. The van der Waals surface area contributed by atoms with Gasteiger partial charge in [-0.3, -0.25) is 14.9 Å². The molecule has 0 unspecified atom stereocenters. The molecule has 0 amide bonds. The number of unbranched alkanes of at least 4 members (excludes halogenated alkanes) is 1. The number of rotatable bonds is 10. The second kappa shape index (κ2) is 11.8. The van der Waals surface area contributed by atoms with E-state index in [1.165, 1.54) is 35.2 Å². The number of aryl methyl sites for hydroxylation is 1. The van der Waals surface area contributed by atoms with Crippen LogP contribution in [0, 0.1) is 10.1 Å². The Morgan fingerprint density at radius 1 is 1.18 bits per heavy atom. The fourth-order valence-electron chi connectivity index (χ4n) is 3.72. The summed E-state index contributed by atoms with van der Waals surface area (Å²) in [7, 11) is 0. The molecule has 4 rings (SSSR count). The summed E-state index contributed by atoms with van der Waals surface area (Å²) in [6, 6.07) is 15.7. The van der Waals surface area contributed by atoms with Crippen LogP contribution in [0.3, 0.4) is 0 Å². The third-order valence-corrected chi connectivity index (χ3v) is 6.22. The number of aromatic nitrogens is 2. The minimum atomic E-state index is -1.04. The van der Waals surface area contributed by atoms with Gasteiger partial charge in [0.1, 0.15) is 12.4 Å². The minimum Gasteiger partial charge on any atom is -0.482 e. The highest BCUT2D eigenvalue weighted by Gasteiger charge is 2.17. The van der Waals surface area contributed by atoms with Crippen molar-refractivity contribution in [3.8, 4) is 5.75 Å². The van der Waals surface area contributed by atoms with E-state index in [0.29, 0.717) is 34.3 Å². The van der Waals surface area contributed by atoms with Gasteiger partial charge in [0.05, 0.1) is 27.6 Å². The van der Waals surface area contributed by atoms with Crippen molar-refractivity contribution in [2.75, 3.05) is 0 Å². The van der Waals surface area contributed by atoms with Gasteiger partial charge in [-0.1, -0.05) is 41.4 Å². The predicted octanol–water partition coefficient (Wildman–Crippen LogP) is 5.57. The van der Waals surface area contributed by atoms with Gasteiger partial charge in [0, 0.05) is 22.5 Å². The molecule has 0 saturated heterocycles. The highest BCUT2D eigenvalue weighted by Crippen LogP contribution is 2.28. The van der Waals surface area contributed by atoms with E-state index in [-0.39, 0.29) is 29.2 Å². The summed E-state index contributed by atoms with van der Waals surface area (Å²) in [5, 5.41) is 25.5. The Morgan fingerprint density at radius 3 is 2.63 bits per heavy atom. The van der Waals surface area contributed by atoms with Gasteiger partial charge >= 0.3 is 11.7 Å². The molecule has 0 fully saturated rings. The van der Waals surface area contributed by atoms with Gasteiger partial charge < -0.3 is 9.84 Å². The van der Waals surface area contributed by atoms with E-state index in [2.05, 4.69) is 26.0 Å². The lowest BCUT2D eigenvalue weighted by Crippen LogP contribution is -2.22. The summed E-state index contributed by atoms with van der Waals surface area (Å²) in [5.41, 5.74) is 1.17. The molecule has 0 aliphatic rings. The van der Waals surface area contributed by atoms with Gasteiger partial charge in [-0.2, -0.15) is 9.78 Å². The van der Waals surface area contributed by atoms with Crippen molar-refractivity contribution in [3.05, 3.63) is 108 Å². The number of nitrogens with zero attached hydrogens (tertiary/aromatic N) is 4. The number of nitro groups is 1. The molecule has 3 aromatic carbocycles. The Bertz CT molecular complexity index is 1600. The van der Waals surface area contributed by atoms with E-state index in [0.717, 1.165) is 17.3 Å². The van der Waals surface area contributed by atoms with Gasteiger partial charge in [0.25, 0.3) is 5.56 Å². The van der Waals surface area contributed by atoms with Crippen LogP contribution in [0.5, 0.6) is 5.75 Å². The Labute approximate surface area is 225 Å². The first-order valence-corrected chi connectivity index (χ1v) is 12.5. The molecule has 0 aliphatic carbocycles. The van der Waals surface area contributed by atoms with Gasteiger partial charge in [0.2, 0.25) is 0 Å². The summed E-state index contributed by atoms with van der Waals surface area (Å²) in [6.45, 7) is 2.06. The molecular weight excluding hydrogens is 556 g/mol.